The minimum atomic E-state index is -0.976. The molecule has 16 heavy (non-hydrogen) atoms. The van der Waals surface area contributed by atoms with E-state index in [-0.39, 0.29) is 6.42 Å². The molecular formula is C9H11N5O2. The maximum atomic E-state index is 10.5. The number of nitrogens with two attached hydrogens (primary N) is 1. The first-order valence-electron chi connectivity index (χ1n) is 4.72. The normalized spacial score (nSPS) is 12.9. The van der Waals surface area contributed by atoms with E-state index >= 15 is 0 Å². The molecule has 2 rings (SSSR count). The number of carbonyl (C=O) groups is 1. The molecule has 1 atom stereocenters. The van der Waals surface area contributed by atoms with Gasteiger partial charge in [-0.15, -0.1) is 5.10 Å². The van der Waals surface area contributed by atoms with E-state index in [9.17, 15) is 4.79 Å². The van der Waals surface area contributed by atoms with E-state index in [1.807, 2.05) is 6.92 Å². The van der Waals surface area contributed by atoms with Gasteiger partial charge in [0.05, 0.1) is 12.5 Å². The van der Waals surface area contributed by atoms with Crippen molar-refractivity contribution in [3.63, 3.8) is 0 Å². The lowest BCUT2D eigenvalue weighted by Gasteiger charge is -2.01. The maximum absolute atomic E-state index is 10.5. The fraction of sp³-hybridized carbons (Fsp3) is 0.333. The van der Waals surface area contributed by atoms with Crippen molar-refractivity contribution in [1.29, 1.82) is 0 Å². The Morgan fingerprint density at radius 2 is 2.44 bits per heavy atom. The van der Waals surface area contributed by atoms with Crippen molar-refractivity contribution in [1.82, 2.24) is 19.6 Å². The summed E-state index contributed by atoms with van der Waals surface area (Å²) in [5.41, 5.74) is 6.59. The molecule has 0 saturated carbocycles. The third kappa shape index (κ3) is 1.98. The third-order valence-corrected chi connectivity index (χ3v) is 2.07. The molecule has 2 aromatic heterocycles. The zero-order valence-electron chi connectivity index (χ0n) is 8.66. The summed E-state index contributed by atoms with van der Waals surface area (Å²) in [6.07, 6.45) is 3.22. The fourth-order valence-corrected chi connectivity index (χ4v) is 1.33. The topological polar surface area (TPSA) is 106 Å². The number of fused-ring (bicyclic) bond motifs is 1. The highest BCUT2D eigenvalue weighted by Gasteiger charge is 2.16. The van der Waals surface area contributed by atoms with E-state index < -0.39 is 12.0 Å². The molecule has 0 aromatic carbocycles. The number of hydrogen-bond acceptors (Lipinski definition) is 5. The van der Waals surface area contributed by atoms with Gasteiger partial charge >= 0.3 is 5.97 Å². The summed E-state index contributed by atoms with van der Waals surface area (Å²) in [5, 5.41) is 12.7. The lowest BCUT2D eigenvalue weighted by molar-refractivity contribution is -0.137. The molecule has 2 heterocycles. The Bertz CT molecular complexity index is 536. The standard InChI is InChI=1S/C9H11N5O2/c1-5-3-11-9-12-8(13-14(9)4-5)6(10)2-7(15)16/h3-4,6H,2,10H2,1H3,(H,15,16). The van der Waals surface area contributed by atoms with Crippen LogP contribution in [-0.4, -0.2) is 30.7 Å². The smallest absolute Gasteiger partial charge is 0.305 e. The summed E-state index contributed by atoms with van der Waals surface area (Å²) < 4.78 is 1.49. The number of carboxylic acid groups (broad SMARTS) is 1. The van der Waals surface area contributed by atoms with E-state index in [0.717, 1.165) is 5.56 Å². The molecule has 0 aliphatic heterocycles. The van der Waals surface area contributed by atoms with Crippen LogP contribution in [0, 0.1) is 6.92 Å². The van der Waals surface area contributed by atoms with Gasteiger partial charge in [-0.25, -0.2) is 9.50 Å². The zero-order chi connectivity index (χ0) is 11.7. The molecule has 0 aliphatic carbocycles. The van der Waals surface area contributed by atoms with Crippen molar-refractivity contribution in [2.45, 2.75) is 19.4 Å². The summed E-state index contributed by atoms with van der Waals surface area (Å²) in [6, 6.07) is -0.709. The molecular weight excluding hydrogens is 210 g/mol. The largest absolute Gasteiger partial charge is 0.481 e. The van der Waals surface area contributed by atoms with Gasteiger partial charge in [0, 0.05) is 12.4 Å². The summed E-state index contributed by atoms with van der Waals surface area (Å²) in [5.74, 6) is -0.266. The van der Waals surface area contributed by atoms with Gasteiger partial charge in [-0.3, -0.25) is 4.79 Å². The second-order valence-electron chi connectivity index (χ2n) is 3.55. The predicted molar refractivity (Wildman–Crippen MR) is 54.7 cm³/mol. The fourth-order valence-electron chi connectivity index (χ4n) is 1.33. The summed E-state index contributed by atoms with van der Waals surface area (Å²) in [4.78, 5) is 18.6. The molecule has 0 saturated heterocycles. The highest BCUT2D eigenvalue weighted by atomic mass is 16.4. The van der Waals surface area contributed by atoms with Crippen molar-refractivity contribution in [2.24, 2.45) is 5.73 Å². The Morgan fingerprint density at radius 3 is 3.12 bits per heavy atom. The molecule has 7 nitrogen and oxygen atoms in total. The molecule has 3 N–H and O–H groups in total. The first-order valence-corrected chi connectivity index (χ1v) is 4.72. The predicted octanol–water partition coefficient (Wildman–Crippen LogP) is -0.0928. The number of rotatable bonds is 3. The molecule has 0 aliphatic rings. The van der Waals surface area contributed by atoms with Crippen LogP contribution < -0.4 is 5.73 Å². The first-order chi connectivity index (χ1) is 7.56. The van der Waals surface area contributed by atoms with Gasteiger partial charge in [0.1, 0.15) is 0 Å². The van der Waals surface area contributed by atoms with Crippen LogP contribution in [0.5, 0.6) is 0 Å². The van der Waals surface area contributed by atoms with Crippen molar-refractivity contribution in [3.8, 4) is 0 Å². The Hall–Kier alpha value is -2.02. The molecule has 7 heteroatoms. The SMILES string of the molecule is Cc1cnc2nc(C(N)CC(=O)O)nn2c1. The third-order valence-electron chi connectivity index (χ3n) is 2.07. The Kier molecular flexibility index (Phi) is 2.53. The van der Waals surface area contributed by atoms with E-state index in [2.05, 4.69) is 15.1 Å². The molecule has 0 bridgehead atoms. The number of aliphatic carboxylic acids is 1. The molecule has 0 radical (unpaired) electrons. The van der Waals surface area contributed by atoms with Crippen LogP contribution in [0.25, 0.3) is 5.78 Å². The van der Waals surface area contributed by atoms with E-state index in [1.54, 1.807) is 12.4 Å². The van der Waals surface area contributed by atoms with E-state index in [1.165, 1.54) is 4.52 Å². The van der Waals surface area contributed by atoms with E-state index in [0.29, 0.717) is 11.6 Å². The zero-order valence-corrected chi connectivity index (χ0v) is 8.66. The Morgan fingerprint density at radius 1 is 1.69 bits per heavy atom. The quantitative estimate of drug-likeness (QED) is 0.750. The van der Waals surface area contributed by atoms with Crippen molar-refractivity contribution in [3.05, 3.63) is 23.8 Å². The number of aryl methyl sites for hydroxylation is 1. The lowest BCUT2D eigenvalue weighted by atomic mass is 10.2. The average molecular weight is 221 g/mol. The average Bonchev–Trinajstić information content (AvgIpc) is 2.59. The van der Waals surface area contributed by atoms with E-state index in [4.69, 9.17) is 10.8 Å². The van der Waals surface area contributed by atoms with Gasteiger partial charge in [-0.1, -0.05) is 0 Å². The first kappa shape index (κ1) is 10.5. The van der Waals surface area contributed by atoms with Crippen molar-refractivity contribution in [2.75, 3.05) is 0 Å². The number of carboxylic acids is 1. The van der Waals surface area contributed by atoms with Crippen LogP contribution >= 0.6 is 0 Å². The van der Waals surface area contributed by atoms with Gasteiger partial charge in [-0.05, 0) is 12.5 Å². The Labute approximate surface area is 90.9 Å². The van der Waals surface area contributed by atoms with Gasteiger partial charge in [-0.2, -0.15) is 4.98 Å². The highest BCUT2D eigenvalue weighted by molar-refractivity contribution is 5.67. The maximum Gasteiger partial charge on any atom is 0.305 e. The second kappa shape index (κ2) is 3.86. The highest BCUT2D eigenvalue weighted by Crippen LogP contribution is 2.10. The van der Waals surface area contributed by atoms with Gasteiger partial charge < -0.3 is 10.8 Å². The van der Waals surface area contributed by atoms with Crippen molar-refractivity contribution >= 4 is 11.7 Å². The number of aromatic nitrogens is 4. The number of nitrogens with zero attached hydrogens (tertiary/aromatic N) is 4. The van der Waals surface area contributed by atoms with Gasteiger partial charge in [0.15, 0.2) is 5.82 Å². The molecule has 0 fully saturated rings. The van der Waals surface area contributed by atoms with Gasteiger partial charge in [0.25, 0.3) is 5.78 Å². The summed E-state index contributed by atoms with van der Waals surface area (Å²) in [6.45, 7) is 1.88. The molecule has 1 unspecified atom stereocenters. The van der Waals surface area contributed by atoms with Crippen LogP contribution in [0.4, 0.5) is 0 Å². The molecule has 0 amide bonds. The van der Waals surface area contributed by atoms with Crippen molar-refractivity contribution < 1.29 is 9.90 Å². The van der Waals surface area contributed by atoms with Gasteiger partial charge in [0.2, 0.25) is 0 Å². The van der Waals surface area contributed by atoms with Crippen LogP contribution in [0.2, 0.25) is 0 Å². The molecule has 2 aromatic rings. The minimum Gasteiger partial charge on any atom is -0.481 e. The monoisotopic (exact) mass is 221 g/mol. The minimum absolute atomic E-state index is 0.199. The number of hydrogen-bond donors (Lipinski definition) is 2. The Balaban J connectivity index is 2.35. The summed E-state index contributed by atoms with van der Waals surface area (Å²) in [7, 11) is 0. The summed E-state index contributed by atoms with van der Waals surface area (Å²) >= 11 is 0. The van der Waals surface area contributed by atoms with Crippen LogP contribution in [0.1, 0.15) is 23.9 Å². The second-order valence-corrected chi connectivity index (χ2v) is 3.55. The lowest BCUT2D eigenvalue weighted by Crippen LogP contribution is -2.16. The van der Waals surface area contributed by atoms with Crippen LogP contribution in [0.3, 0.4) is 0 Å². The van der Waals surface area contributed by atoms with Crippen LogP contribution in [-0.2, 0) is 4.79 Å². The molecule has 84 valence electrons. The molecule has 0 spiro atoms. The van der Waals surface area contributed by atoms with Crippen LogP contribution in [0.15, 0.2) is 12.4 Å².